The minimum Gasteiger partial charge on any atom is -0.493 e. The molecule has 0 saturated carbocycles. The Morgan fingerprint density at radius 2 is 2.05 bits per heavy atom. The van der Waals surface area contributed by atoms with E-state index in [0.29, 0.717) is 22.6 Å². The minimum atomic E-state index is -0.501. The first-order chi connectivity index (χ1) is 10.0. The van der Waals surface area contributed by atoms with Gasteiger partial charge in [0.05, 0.1) is 12.1 Å². The maximum Gasteiger partial charge on any atom is 0.161 e. The summed E-state index contributed by atoms with van der Waals surface area (Å²) < 4.78 is 24.5. The van der Waals surface area contributed by atoms with Crippen molar-refractivity contribution in [2.24, 2.45) is 5.73 Å². The second-order valence-electron chi connectivity index (χ2n) is 4.28. The smallest absolute Gasteiger partial charge is 0.161 e. The second kappa shape index (κ2) is 6.45. The molecule has 0 radical (unpaired) electrons. The van der Waals surface area contributed by atoms with Crippen LogP contribution in [0.4, 0.5) is 4.39 Å². The summed E-state index contributed by atoms with van der Waals surface area (Å²) in [5, 5.41) is 7.43. The van der Waals surface area contributed by atoms with Crippen LogP contribution in [-0.2, 0) is 6.61 Å². The Bertz CT molecular complexity index is 677. The number of hydrogen-bond acceptors (Lipinski definition) is 3. The van der Waals surface area contributed by atoms with Crippen LogP contribution in [0.5, 0.6) is 11.5 Å². The van der Waals surface area contributed by atoms with E-state index in [1.54, 1.807) is 30.3 Å². The lowest BCUT2D eigenvalue weighted by Crippen LogP contribution is -2.11. The van der Waals surface area contributed by atoms with E-state index in [4.69, 9.17) is 32.2 Å². The summed E-state index contributed by atoms with van der Waals surface area (Å²) >= 11 is 5.72. The molecule has 3 N–H and O–H groups in total. The normalized spacial score (nSPS) is 10.2. The molecule has 2 aromatic carbocycles. The van der Waals surface area contributed by atoms with Crippen molar-refractivity contribution in [3.63, 3.8) is 0 Å². The van der Waals surface area contributed by atoms with E-state index in [2.05, 4.69) is 0 Å². The van der Waals surface area contributed by atoms with Crippen LogP contribution in [0.25, 0.3) is 0 Å². The SMILES string of the molecule is COc1cc(C(=N)N)ccc1OCc1cccc(Cl)c1F. The fourth-order valence-corrected chi connectivity index (χ4v) is 1.96. The van der Waals surface area contributed by atoms with Gasteiger partial charge in [-0.3, -0.25) is 5.41 Å². The molecular weight excluding hydrogens is 295 g/mol. The van der Waals surface area contributed by atoms with Gasteiger partial charge in [0.2, 0.25) is 0 Å². The number of nitrogen functional groups attached to an aromatic ring is 1. The summed E-state index contributed by atoms with van der Waals surface area (Å²) in [5.74, 6) is 0.284. The molecule has 0 aromatic heterocycles. The average molecular weight is 309 g/mol. The molecule has 0 saturated heterocycles. The average Bonchev–Trinajstić information content (AvgIpc) is 2.48. The lowest BCUT2D eigenvalue weighted by Gasteiger charge is -2.12. The Morgan fingerprint density at radius 1 is 1.29 bits per heavy atom. The highest BCUT2D eigenvalue weighted by Crippen LogP contribution is 2.29. The van der Waals surface area contributed by atoms with Crippen molar-refractivity contribution in [3.05, 3.63) is 58.4 Å². The van der Waals surface area contributed by atoms with E-state index in [1.165, 1.54) is 13.2 Å². The third kappa shape index (κ3) is 3.44. The molecule has 4 nitrogen and oxygen atoms in total. The Kier molecular flexibility index (Phi) is 4.65. The van der Waals surface area contributed by atoms with Crippen LogP contribution < -0.4 is 15.2 Å². The van der Waals surface area contributed by atoms with Gasteiger partial charge in [-0.2, -0.15) is 0 Å². The molecule has 6 heteroatoms. The number of nitrogens with two attached hydrogens (primary N) is 1. The predicted octanol–water partition coefficient (Wildman–Crippen LogP) is 3.35. The van der Waals surface area contributed by atoms with Gasteiger partial charge in [-0.25, -0.2) is 4.39 Å². The van der Waals surface area contributed by atoms with E-state index >= 15 is 0 Å². The zero-order valence-electron chi connectivity index (χ0n) is 11.3. The lowest BCUT2D eigenvalue weighted by molar-refractivity contribution is 0.279. The van der Waals surface area contributed by atoms with Gasteiger partial charge >= 0.3 is 0 Å². The van der Waals surface area contributed by atoms with Gasteiger partial charge in [0, 0.05) is 11.1 Å². The number of methoxy groups -OCH3 is 1. The van der Waals surface area contributed by atoms with Crippen molar-refractivity contribution >= 4 is 17.4 Å². The minimum absolute atomic E-state index is 0.0160. The molecule has 0 unspecified atom stereocenters. The molecule has 0 spiro atoms. The Morgan fingerprint density at radius 3 is 2.71 bits per heavy atom. The van der Waals surface area contributed by atoms with Crippen molar-refractivity contribution in [2.75, 3.05) is 7.11 Å². The molecule has 2 rings (SSSR count). The number of hydrogen-bond donors (Lipinski definition) is 2. The number of rotatable bonds is 5. The van der Waals surface area contributed by atoms with E-state index in [0.717, 1.165) is 0 Å². The number of halogens is 2. The molecule has 110 valence electrons. The lowest BCUT2D eigenvalue weighted by atomic mass is 10.2. The molecule has 0 atom stereocenters. The van der Waals surface area contributed by atoms with Crippen molar-refractivity contribution in [1.29, 1.82) is 5.41 Å². The van der Waals surface area contributed by atoms with Crippen molar-refractivity contribution in [2.45, 2.75) is 6.61 Å². The van der Waals surface area contributed by atoms with Crippen LogP contribution >= 0.6 is 11.6 Å². The highest BCUT2D eigenvalue weighted by atomic mass is 35.5. The molecule has 2 aromatic rings. The number of ether oxygens (including phenoxy) is 2. The number of amidine groups is 1. The van der Waals surface area contributed by atoms with Crippen LogP contribution in [0.3, 0.4) is 0 Å². The topological polar surface area (TPSA) is 68.3 Å². The molecule has 0 aliphatic carbocycles. The van der Waals surface area contributed by atoms with Crippen LogP contribution in [0.1, 0.15) is 11.1 Å². The van der Waals surface area contributed by atoms with Gasteiger partial charge in [-0.15, -0.1) is 0 Å². The monoisotopic (exact) mass is 308 g/mol. The van der Waals surface area contributed by atoms with Gasteiger partial charge in [-0.05, 0) is 24.3 Å². The Hall–Kier alpha value is -2.27. The van der Waals surface area contributed by atoms with Gasteiger partial charge in [-0.1, -0.05) is 23.7 Å². The second-order valence-corrected chi connectivity index (χ2v) is 4.69. The first kappa shape index (κ1) is 15.1. The first-order valence-corrected chi connectivity index (χ1v) is 6.49. The molecule has 21 heavy (non-hydrogen) atoms. The van der Waals surface area contributed by atoms with Crippen LogP contribution in [0.2, 0.25) is 5.02 Å². The van der Waals surface area contributed by atoms with Gasteiger partial charge in [0.15, 0.2) is 11.5 Å². The molecule has 0 heterocycles. The summed E-state index contributed by atoms with van der Waals surface area (Å²) in [7, 11) is 1.48. The van der Waals surface area contributed by atoms with Crippen LogP contribution in [-0.4, -0.2) is 12.9 Å². The summed E-state index contributed by atoms with van der Waals surface area (Å²) in [5.41, 5.74) is 6.28. The number of nitrogens with one attached hydrogen (secondary N) is 1. The van der Waals surface area contributed by atoms with Gasteiger partial charge < -0.3 is 15.2 Å². The summed E-state index contributed by atoms with van der Waals surface area (Å²) in [6.07, 6.45) is 0. The molecule has 0 aliphatic heterocycles. The molecule has 0 bridgehead atoms. The third-order valence-electron chi connectivity index (χ3n) is 2.89. The zero-order chi connectivity index (χ0) is 15.4. The molecule has 0 amide bonds. The predicted molar refractivity (Wildman–Crippen MR) is 79.8 cm³/mol. The highest BCUT2D eigenvalue weighted by molar-refractivity contribution is 6.30. The standard InChI is InChI=1S/C15H14ClFN2O2/c1-20-13-7-9(15(18)19)5-6-12(13)21-8-10-3-2-4-11(16)14(10)17/h2-7H,8H2,1H3,(H3,18,19). The van der Waals surface area contributed by atoms with Crippen molar-refractivity contribution in [1.82, 2.24) is 0 Å². The van der Waals surface area contributed by atoms with E-state index in [1.807, 2.05) is 0 Å². The third-order valence-corrected chi connectivity index (χ3v) is 3.18. The summed E-state index contributed by atoms with van der Waals surface area (Å²) in [6, 6.07) is 9.57. The van der Waals surface area contributed by atoms with Crippen LogP contribution in [0.15, 0.2) is 36.4 Å². The number of benzene rings is 2. The Labute approximate surface area is 126 Å². The van der Waals surface area contributed by atoms with E-state index in [-0.39, 0.29) is 17.5 Å². The van der Waals surface area contributed by atoms with Crippen LogP contribution in [0, 0.1) is 11.2 Å². The zero-order valence-corrected chi connectivity index (χ0v) is 12.1. The van der Waals surface area contributed by atoms with Gasteiger partial charge in [0.1, 0.15) is 18.3 Å². The van der Waals surface area contributed by atoms with Gasteiger partial charge in [0.25, 0.3) is 0 Å². The van der Waals surface area contributed by atoms with Crippen molar-refractivity contribution < 1.29 is 13.9 Å². The quantitative estimate of drug-likeness (QED) is 0.657. The summed E-state index contributed by atoms with van der Waals surface area (Å²) in [6.45, 7) is 0.0160. The molecular formula is C15H14ClFN2O2. The molecule has 0 aliphatic rings. The fraction of sp³-hybridized carbons (Fsp3) is 0.133. The largest absolute Gasteiger partial charge is 0.493 e. The summed E-state index contributed by atoms with van der Waals surface area (Å²) in [4.78, 5) is 0. The van der Waals surface area contributed by atoms with E-state index < -0.39 is 5.82 Å². The maximum atomic E-state index is 13.8. The maximum absolute atomic E-state index is 13.8. The van der Waals surface area contributed by atoms with E-state index in [9.17, 15) is 4.39 Å². The first-order valence-electron chi connectivity index (χ1n) is 6.11. The van der Waals surface area contributed by atoms with Crippen molar-refractivity contribution in [3.8, 4) is 11.5 Å². The Balaban J connectivity index is 2.20. The fourth-order valence-electron chi connectivity index (χ4n) is 1.77. The molecule has 0 fully saturated rings. The highest BCUT2D eigenvalue weighted by Gasteiger charge is 2.10.